The molecule has 1 amide bonds. The van der Waals surface area contributed by atoms with Crippen molar-refractivity contribution >= 4 is 23.4 Å². The third-order valence-electron chi connectivity index (χ3n) is 5.05. The fourth-order valence-electron chi connectivity index (χ4n) is 3.61. The molecule has 5 rings (SSSR count). The minimum atomic E-state index is -0.200. The molecule has 0 bridgehead atoms. The van der Waals surface area contributed by atoms with Crippen LogP contribution >= 0.6 is 11.8 Å². The second kappa shape index (κ2) is 8.61. The number of benzene rings is 3. The number of para-hydroxylation sites is 3. The van der Waals surface area contributed by atoms with Crippen LogP contribution in [0.15, 0.2) is 90.1 Å². The molecule has 1 aromatic heterocycles. The van der Waals surface area contributed by atoms with Crippen LogP contribution in [0.1, 0.15) is 11.6 Å². The number of thioether (sulfide) groups is 1. The molecular weight excluding hydrogens is 410 g/mol. The Balaban J connectivity index is 1.41. The van der Waals surface area contributed by atoms with Crippen molar-refractivity contribution in [3.05, 3.63) is 90.5 Å². The molecule has 0 N–H and O–H groups in total. The van der Waals surface area contributed by atoms with E-state index in [1.807, 2.05) is 89.8 Å². The van der Waals surface area contributed by atoms with Crippen molar-refractivity contribution in [3.63, 3.8) is 0 Å². The largest absolute Gasteiger partial charge is 0.489 e. The Morgan fingerprint density at radius 1 is 0.968 bits per heavy atom. The van der Waals surface area contributed by atoms with Crippen molar-refractivity contribution in [1.82, 2.24) is 20.2 Å². The number of tetrazole rings is 1. The van der Waals surface area contributed by atoms with Gasteiger partial charge in [0, 0.05) is 0 Å². The number of carbonyl (C=O) groups is 1. The molecule has 1 aliphatic heterocycles. The lowest BCUT2D eigenvalue weighted by molar-refractivity contribution is -0.117. The summed E-state index contributed by atoms with van der Waals surface area (Å²) >= 11 is 1.32. The van der Waals surface area contributed by atoms with Crippen LogP contribution in [0.2, 0.25) is 0 Å². The van der Waals surface area contributed by atoms with Crippen LogP contribution in [0.4, 0.5) is 5.69 Å². The summed E-state index contributed by atoms with van der Waals surface area (Å²) in [6.45, 7) is 0.402. The van der Waals surface area contributed by atoms with Gasteiger partial charge in [-0.15, -0.1) is 5.10 Å². The summed E-state index contributed by atoms with van der Waals surface area (Å²) in [7, 11) is 0. The van der Waals surface area contributed by atoms with E-state index in [1.54, 1.807) is 4.68 Å². The van der Waals surface area contributed by atoms with E-state index in [4.69, 9.17) is 4.74 Å². The predicted octanol–water partition coefficient (Wildman–Crippen LogP) is 3.92. The summed E-state index contributed by atoms with van der Waals surface area (Å²) in [5.74, 6) is 0.879. The predicted molar refractivity (Wildman–Crippen MR) is 118 cm³/mol. The van der Waals surface area contributed by atoms with Gasteiger partial charge in [-0.25, -0.2) is 0 Å². The highest BCUT2D eigenvalue weighted by Crippen LogP contribution is 2.39. The molecule has 3 aromatic carbocycles. The van der Waals surface area contributed by atoms with E-state index in [0.717, 1.165) is 16.9 Å². The van der Waals surface area contributed by atoms with Gasteiger partial charge in [0.1, 0.15) is 12.4 Å². The van der Waals surface area contributed by atoms with Crippen LogP contribution in [0.5, 0.6) is 5.75 Å². The molecule has 1 aliphatic rings. The van der Waals surface area contributed by atoms with Crippen molar-refractivity contribution in [3.8, 4) is 11.4 Å². The summed E-state index contributed by atoms with van der Waals surface area (Å²) in [5.41, 5.74) is 2.65. The standard InChI is InChI=1S/C23H19N5O2S/c29-22(16-31-23-24-25-26-28(23)18-11-5-2-6-12-18)27-19-13-7-8-14-21(19)30-15-20(27)17-9-3-1-4-10-17/h1-14,20H,15-16H2/t20-/m0/s1. The summed E-state index contributed by atoms with van der Waals surface area (Å²) in [6, 6.07) is 27.0. The highest BCUT2D eigenvalue weighted by molar-refractivity contribution is 7.99. The Kier molecular flexibility index (Phi) is 5.37. The highest BCUT2D eigenvalue weighted by Gasteiger charge is 2.33. The summed E-state index contributed by atoms with van der Waals surface area (Å²) in [4.78, 5) is 15.3. The molecule has 0 saturated carbocycles. The molecule has 0 spiro atoms. The van der Waals surface area contributed by atoms with Crippen molar-refractivity contribution in [1.29, 1.82) is 0 Å². The number of hydrogen-bond acceptors (Lipinski definition) is 6. The van der Waals surface area contributed by atoms with Gasteiger partial charge in [-0.05, 0) is 40.3 Å². The summed E-state index contributed by atoms with van der Waals surface area (Å²) in [5, 5.41) is 12.5. The molecule has 8 heteroatoms. The van der Waals surface area contributed by atoms with E-state index < -0.39 is 0 Å². The lowest BCUT2D eigenvalue weighted by Crippen LogP contribution is -2.42. The van der Waals surface area contributed by atoms with E-state index in [1.165, 1.54) is 11.8 Å². The number of nitrogens with zero attached hydrogens (tertiary/aromatic N) is 5. The molecule has 7 nitrogen and oxygen atoms in total. The van der Waals surface area contributed by atoms with Gasteiger partial charge in [0.25, 0.3) is 0 Å². The number of ether oxygens (including phenoxy) is 1. The molecule has 0 unspecified atom stereocenters. The molecule has 0 aliphatic carbocycles. The topological polar surface area (TPSA) is 73.1 Å². The lowest BCUT2D eigenvalue weighted by Gasteiger charge is -2.37. The second-order valence-electron chi connectivity index (χ2n) is 6.97. The first kappa shape index (κ1) is 19.3. The quantitative estimate of drug-likeness (QED) is 0.448. The van der Waals surface area contributed by atoms with Gasteiger partial charge in [-0.2, -0.15) is 4.68 Å². The third-order valence-corrected chi connectivity index (χ3v) is 5.96. The molecule has 31 heavy (non-hydrogen) atoms. The maximum Gasteiger partial charge on any atom is 0.238 e. The lowest BCUT2D eigenvalue weighted by atomic mass is 10.0. The Bertz CT molecular complexity index is 1180. The second-order valence-corrected chi connectivity index (χ2v) is 7.91. The third kappa shape index (κ3) is 3.89. The van der Waals surface area contributed by atoms with Gasteiger partial charge in [0.15, 0.2) is 0 Å². The fraction of sp³-hybridized carbons (Fsp3) is 0.130. The normalized spacial score (nSPS) is 15.2. The van der Waals surface area contributed by atoms with Crippen LogP contribution in [0.25, 0.3) is 5.69 Å². The Morgan fingerprint density at radius 3 is 2.48 bits per heavy atom. The van der Waals surface area contributed by atoms with Crippen LogP contribution in [0, 0.1) is 0 Å². The molecule has 0 saturated heterocycles. The SMILES string of the molecule is O=C(CSc1nnnn1-c1ccccc1)N1c2ccccc2OC[C@H]1c1ccccc1. The summed E-state index contributed by atoms with van der Waals surface area (Å²) < 4.78 is 7.60. The fourth-order valence-corrected chi connectivity index (χ4v) is 4.36. The zero-order valence-corrected chi connectivity index (χ0v) is 17.4. The maximum atomic E-state index is 13.5. The van der Waals surface area contributed by atoms with Crippen LogP contribution in [-0.2, 0) is 4.79 Å². The van der Waals surface area contributed by atoms with Gasteiger partial charge in [0.2, 0.25) is 11.1 Å². The van der Waals surface area contributed by atoms with Crippen molar-refractivity contribution in [2.24, 2.45) is 0 Å². The van der Waals surface area contributed by atoms with Crippen LogP contribution in [-0.4, -0.2) is 38.5 Å². The molecule has 154 valence electrons. The van der Waals surface area contributed by atoms with E-state index in [0.29, 0.717) is 17.5 Å². The van der Waals surface area contributed by atoms with Gasteiger partial charge < -0.3 is 4.74 Å². The molecule has 2 heterocycles. The van der Waals surface area contributed by atoms with E-state index in [9.17, 15) is 4.79 Å². The number of rotatable bonds is 5. The smallest absolute Gasteiger partial charge is 0.238 e. The number of anilines is 1. The molecular formula is C23H19N5O2S. The first-order chi connectivity index (χ1) is 15.3. The number of aromatic nitrogens is 4. The monoisotopic (exact) mass is 429 g/mol. The highest BCUT2D eigenvalue weighted by atomic mass is 32.2. The minimum absolute atomic E-state index is 0.0304. The number of amides is 1. The van der Waals surface area contributed by atoms with Gasteiger partial charge in [0.05, 0.1) is 23.2 Å². The average molecular weight is 430 g/mol. The minimum Gasteiger partial charge on any atom is -0.489 e. The first-order valence-corrected chi connectivity index (χ1v) is 10.9. The maximum absolute atomic E-state index is 13.5. The average Bonchev–Trinajstić information content (AvgIpc) is 3.31. The van der Waals surface area contributed by atoms with Crippen molar-refractivity contribution < 1.29 is 9.53 Å². The van der Waals surface area contributed by atoms with Crippen LogP contribution in [0.3, 0.4) is 0 Å². The van der Waals surface area contributed by atoms with E-state index in [-0.39, 0.29) is 17.7 Å². The Morgan fingerprint density at radius 2 is 1.68 bits per heavy atom. The number of fused-ring (bicyclic) bond motifs is 1. The van der Waals surface area contributed by atoms with Crippen molar-refractivity contribution in [2.45, 2.75) is 11.2 Å². The Labute approximate surface area is 183 Å². The zero-order chi connectivity index (χ0) is 21.0. The summed E-state index contributed by atoms with van der Waals surface area (Å²) in [6.07, 6.45) is 0. The Hall–Kier alpha value is -3.65. The van der Waals surface area contributed by atoms with Gasteiger partial charge >= 0.3 is 0 Å². The molecule has 4 aromatic rings. The molecule has 0 radical (unpaired) electrons. The van der Waals surface area contributed by atoms with Crippen LogP contribution < -0.4 is 9.64 Å². The number of hydrogen-bond donors (Lipinski definition) is 0. The molecule has 0 fully saturated rings. The van der Waals surface area contributed by atoms with Gasteiger partial charge in [-0.1, -0.05) is 72.4 Å². The van der Waals surface area contributed by atoms with Crippen molar-refractivity contribution in [2.75, 3.05) is 17.3 Å². The van der Waals surface area contributed by atoms with E-state index in [2.05, 4.69) is 15.5 Å². The number of carbonyl (C=O) groups excluding carboxylic acids is 1. The molecule has 1 atom stereocenters. The first-order valence-electron chi connectivity index (χ1n) is 9.87. The van der Waals surface area contributed by atoms with E-state index >= 15 is 0 Å². The van der Waals surface area contributed by atoms with Gasteiger partial charge in [-0.3, -0.25) is 9.69 Å². The zero-order valence-electron chi connectivity index (χ0n) is 16.5.